The van der Waals surface area contributed by atoms with Gasteiger partial charge in [-0.1, -0.05) is 0 Å². The van der Waals surface area contributed by atoms with Crippen LogP contribution in [-0.2, 0) is 10.0 Å². The van der Waals surface area contributed by atoms with E-state index < -0.39 is 43.6 Å². The molecule has 0 fully saturated rings. The molecule has 0 saturated heterocycles. The van der Waals surface area contributed by atoms with Gasteiger partial charge in [-0.25, -0.2) is 26.6 Å². The van der Waals surface area contributed by atoms with Crippen molar-refractivity contribution in [3.63, 3.8) is 0 Å². The first kappa shape index (κ1) is 22.5. The average Bonchev–Trinajstić information content (AvgIpc) is 3.43. The summed E-state index contributed by atoms with van der Waals surface area (Å²) >= 11 is 0. The molecule has 1 aromatic carbocycles. The third kappa shape index (κ3) is 3.97. The number of pyridine rings is 1. The van der Waals surface area contributed by atoms with E-state index in [0.717, 1.165) is 24.4 Å². The Morgan fingerprint density at radius 3 is 2.57 bits per heavy atom. The Hall–Kier alpha value is -4.33. The Labute approximate surface area is 196 Å². The van der Waals surface area contributed by atoms with Crippen molar-refractivity contribution in [2.24, 2.45) is 0 Å². The van der Waals surface area contributed by atoms with Gasteiger partial charge in [-0.15, -0.1) is 10.2 Å². The number of hydrogen-bond acceptors (Lipinski definition) is 7. The molecule has 4 heterocycles. The molecule has 35 heavy (non-hydrogen) atoms. The molecule has 0 saturated carbocycles. The number of halogens is 3. The zero-order chi connectivity index (χ0) is 24.9. The van der Waals surface area contributed by atoms with Crippen LogP contribution in [0, 0.1) is 31.3 Å². The van der Waals surface area contributed by atoms with E-state index >= 15 is 4.39 Å². The standard InChI is InChI=1S/C21H15F3N8O2S/c1-10-17(5-12(22)6-25-10)35(33,34)31-14-4-3-13(23)18(19(14)24)15-8-32-9-27-20(16(32)7-26-15)21-28-11(2)29-30-21/h3-9,31H,1-2H3,(H,28,29,30). The first-order chi connectivity index (χ1) is 16.6. The summed E-state index contributed by atoms with van der Waals surface area (Å²) in [7, 11) is -4.43. The lowest BCUT2D eigenvalue weighted by Crippen LogP contribution is -2.16. The number of anilines is 1. The predicted molar refractivity (Wildman–Crippen MR) is 118 cm³/mol. The maximum atomic E-state index is 15.4. The van der Waals surface area contributed by atoms with Crippen molar-refractivity contribution in [2.45, 2.75) is 18.7 Å². The van der Waals surface area contributed by atoms with Crippen LogP contribution in [0.2, 0.25) is 0 Å². The minimum atomic E-state index is -4.43. The second-order valence-electron chi connectivity index (χ2n) is 7.54. The lowest BCUT2D eigenvalue weighted by molar-refractivity contribution is 0.584. The van der Waals surface area contributed by atoms with Crippen LogP contribution in [0.25, 0.3) is 28.3 Å². The summed E-state index contributed by atoms with van der Waals surface area (Å²) in [4.78, 5) is 14.5. The van der Waals surface area contributed by atoms with Gasteiger partial charge in [0.1, 0.15) is 34.4 Å². The lowest BCUT2D eigenvalue weighted by Gasteiger charge is -2.13. The van der Waals surface area contributed by atoms with E-state index in [0.29, 0.717) is 22.9 Å². The topological polar surface area (TPSA) is 131 Å². The Bertz CT molecular complexity index is 1720. The highest BCUT2D eigenvalue weighted by atomic mass is 32.2. The number of fused-ring (bicyclic) bond motifs is 1. The fraction of sp³-hybridized carbons (Fsp3) is 0.0952. The summed E-state index contributed by atoms with van der Waals surface area (Å²) in [5.41, 5.74) is -0.285. The van der Waals surface area contributed by atoms with Crippen molar-refractivity contribution in [3.8, 4) is 22.8 Å². The fourth-order valence-corrected chi connectivity index (χ4v) is 4.75. The lowest BCUT2D eigenvalue weighted by atomic mass is 10.1. The van der Waals surface area contributed by atoms with Crippen molar-refractivity contribution in [3.05, 3.63) is 72.1 Å². The van der Waals surface area contributed by atoms with Gasteiger partial charge in [0, 0.05) is 6.20 Å². The van der Waals surface area contributed by atoms with Crippen molar-refractivity contribution < 1.29 is 21.6 Å². The maximum absolute atomic E-state index is 15.4. The Morgan fingerprint density at radius 1 is 1.03 bits per heavy atom. The molecule has 0 aliphatic rings. The van der Waals surface area contributed by atoms with E-state index in [4.69, 9.17) is 0 Å². The fourth-order valence-electron chi connectivity index (χ4n) is 3.49. The summed E-state index contributed by atoms with van der Waals surface area (Å²) in [6.07, 6.45) is 4.97. The second-order valence-corrected chi connectivity index (χ2v) is 9.19. The SMILES string of the molecule is Cc1nnc(-c2ncn3cc(-c4c(F)ccc(NS(=O)(=O)c5cc(F)cnc5C)c4F)ncc23)[nH]1. The van der Waals surface area contributed by atoms with E-state index in [-0.39, 0.29) is 11.4 Å². The summed E-state index contributed by atoms with van der Waals surface area (Å²) in [6, 6.07) is 2.58. The zero-order valence-electron chi connectivity index (χ0n) is 18.1. The largest absolute Gasteiger partial charge is 0.324 e. The van der Waals surface area contributed by atoms with Crippen molar-refractivity contribution >= 4 is 21.2 Å². The molecule has 5 rings (SSSR count). The average molecular weight is 500 g/mol. The third-order valence-corrected chi connectivity index (χ3v) is 6.61. The molecule has 10 nitrogen and oxygen atoms in total. The number of aromatic amines is 1. The van der Waals surface area contributed by atoms with Crippen LogP contribution in [0.4, 0.5) is 18.9 Å². The molecule has 178 valence electrons. The number of nitrogens with zero attached hydrogens (tertiary/aromatic N) is 6. The quantitative estimate of drug-likeness (QED) is 0.378. The molecule has 4 aromatic heterocycles. The minimum absolute atomic E-state index is 0.00613. The maximum Gasteiger partial charge on any atom is 0.263 e. The van der Waals surface area contributed by atoms with Crippen molar-refractivity contribution in [2.75, 3.05) is 4.72 Å². The minimum Gasteiger partial charge on any atom is -0.324 e. The number of hydrogen-bond donors (Lipinski definition) is 2. The van der Waals surface area contributed by atoms with Gasteiger partial charge < -0.3 is 9.38 Å². The molecule has 14 heteroatoms. The molecule has 0 radical (unpaired) electrons. The molecule has 0 aliphatic carbocycles. The van der Waals surface area contributed by atoms with E-state index in [9.17, 15) is 17.2 Å². The molecule has 0 amide bonds. The summed E-state index contributed by atoms with van der Waals surface area (Å²) in [5, 5.41) is 7.86. The highest BCUT2D eigenvalue weighted by Crippen LogP contribution is 2.32. The van der Waals surface area contributed by atoms with E-state index in [1.807, 2.05) is 4.72 Å². The van der Waals surface area contributed by atoms with Crippen molar-refractivity contribution in [1.29, 1.82) is 0 Å². The van der Waals surface area contributed by atoms with Crippen LogP contribution >= 0.6 is 0 Å². The highest BCUT2D eigenvalue weighted by Gasteiger charge is 2.24. The molecular weight excluding hydrogens is 485 g/mol. The van der Waals surface area contributed by atoms with Gasteiger partial charge in [0.15, 0.2) is 11.6 Å². The predicted octanol–water partition coefficient (Wildman–Crippen LogP) is 3.41. The summed E-state index contributed by atoms with van der Waals surface area (Å²) < 4.78 is 72.7. The second kappa shape index (κ2) is 8.16. The van der Waals surface area contributed by atoms with Crippen LogP contribution in [0.15, 0.2) is 48.0 Å². The Kier molecular flexibility index (Phi) is 5.24. The molecule has 0 bridgehead atoms. The van der Waals surface area contributed by atoms with Gasteiger partial charge >= 0.3 is 0 Å². The van der Waals surface area contributed by atoms with Crippen LogP contribution in [0.1, 0.15) is 11.5 Å². The van der Waals surface area contributed by atoms with E-state index in [1.54, 1.807) is 6.92 Å². The Morgan fingerprint density at radius 2 is 1.83 bits per heavy atom. The number of rotatable bonds is 5. The first-order valence-corrected chi connectivity index (χ1v) is 11.5. The van der Waals surface area contributed by atoms with Crippen LogP contribution in [-0.4, -0.2) is 43.0 Å². The number of aromatic nitrogens is 7. The summed E-state index contributed by atoms with van der Waals surface area (Å²) in [6.45, 7) is 3.09. The highest BCUT2D eigenvalue weighted by molar-refractivity contribution is 7.92. The van der Waals surface area contributed by atoms with Gasteiger partial charge in [0.25, 0.3) is 10.0 Å². The normalized spacial score (nSPS) is 11.8. The molecule has 0 spiro atoms. The number of H-pyrrole nitrogens is 1. The summed E-state index contributed by atoms with van der Waals surface area (Å²) in [5.74, 6) is -2.07. The van der Waals surface area contributed by atoms with Gasteiger partial charge in [-0.3, -0.25) is 14.7 Å². The van der Waals surface area contributed by atoms with Gasteiger partial charge in [0.2, 0.25) is 0 Å². The molecule has 5 aromatic rings. The molecule has 0 atom stereocenters. The molecule has 2 N–H and O–H groups in total. The number of aryl methyl sites for hydroxylation is 2. The number of benzene rings is 1. The van der Waals surface area contributed by atoms with Crippen LogP contribution < -0.4 is 4.72 Å². The third-order valence-electron chi connectivity index (χ3n) is 5.13. The van der Waals surface area contributed by atoms with Gasteiger partial charge in [-0.05, 0) is 32.0 Å². The first-order valence-electron chi connectivity index (χ1n) is 10.00. The zero-order valence-corrected chi connectivity index (χ0v) is 18.9. The monoisotopic (exact) mass is 500 g/mol. The Balaban J connectivity index is 1.56. The molecule has 0 unspecified atom stereocenters. The van der Waals surface area contributed by atoms with Crippen LogP contribution in [0.5, 0.6) is 0 Å². The molecule has 0 aliphatic heterocycles. The number of sulfonamides is 1. The smallest absolute Gasteiger partial charge is 0.263 e. The number of imidazole rings is 1. The van der Waals surface area contributed by atoms with Crippen LogP contribution in [0.3, 0.4) is 0 Å². The molecular formula is C21H15F3N8O2S. The van der Waals surface area contributed by atoms with Gasteiger partial charge in [0.05, 0.1) is 40.5 Å². The van der Waals surface area contributed by atoms with Gasteiger partial charge in [-0.2, -0.15) is 0 Å². The van der Waals surface area contributed by atoms with E-state index in [2.05, 4.69) is 30.1 Å². The number of nitrogens with one attached hydrogen (secondary N) is 2. The van der Waals surface area contributed by atoms with Crippen molar-refractivity contribution in [1.82, 2.24) is 34.5 Å². The van der Waals surface area contributed by atoms with E-state index in [1.165, 1.54) is 30.0 Å².